The number of carboxylic acid groups (broad SMARTS) is 1. The van der Waals surface area contributed by atoms with Crippen molar-refractivity contribution in [2.45, 2.75) is 0 Å². The van der Waals surface area contributed by atoms with Crippen LogP contribution in [0, 0.1) is 0 Å². The zero-order chi connectivity index (χ0) is 8.27. The molecule has 0 radical (unpaired) electrons. The second kappa shape index (κ2) is 3.01. The van der Waals surface area contributed by atoms with Gasteiger partial charge in [-0.25, -0.2) is 9.78 Å². The summed E-state index contributed by atoms with van der Waals surface area (Å²) in [4.78, 5) is 14.0. The quantitative estimate of drug-likeness (QED) is 0.628. The number of carbonyl (C=O) groups is 1. The summed E-state index contributed by atoms with van der Waals surface area (Å²) in [6, 6.07) is 0. The van der Waals surface area contributed by atoms with Crippen LogP contribution in [0.3, 0.4) is 0 Å². The maximum Gasteiger partial charge on any atom is 0.328 e. The van der Waals surface area contributed by atoms with Crippen LogP contribution in [0.25, 0.3) is 6.08 Å². The number of carboxylic acids is 1. The summed E-state index contributed by atoms with van der Waals surface area (Å²) in [5.74, 6) is -0.962. The second-order valence-corrected chi connectivity index (χ2v) is 2.14. The molecule has 1 N–H and O–H groups in total. The fourth-order valence-electron chi connectivity index (χ4n) is 0.676. The number of aliphatic carboxylic acids is 1. The molecule has 1 aromatic rings. The van der Waals surface area contributed by atoms with Crippen LogP contribution in [0.1, 0.15) is 5.69 Å². The molecule has 0 saturated carbocycles. The molecule has 0 aliphatic heterocycles. The Labute approximate surface area is 63.8 Å². The number of hydrogen-bond acceptors (Lipinski definition) is 2. The summed E-state index contributed by atoms with van der Waals surface area (Å²) >= 11 is 0. The van der Waals surface area contributed by atoms with Gasteiger partial charge in [0.25, 0.3) is 0 Å². The van der Waals surface area contributed by atoms with Crippen LogP contribution in [0.2, 0.25) is 0 Å². The standard InChI is InChI=1S/C7H8N2O2/c1-9-4-6(8-5-9)2-3-7(10)11/h2-5H,1H3,(H,10,11). The van der Waals surface area contributed by atoms with E-state index in [4.69, 9.17) is 5.11 Å². The first kappa shape index (κ1) is 7.53. The van der Waals surface area contributed by atoms with Crippen LogP contribution in [-0.2, 0) is 11.8 Å². The van der Waals surface area contributed by atoms with E-state index in [0.717, 1.165) is 6.08 Å². The third-order valence-corrected chi connectivity index (χ3v) is 1.12. The van der Waals surface area contributed by atoms with E-state index in [1.54, 1.807) is 17.1 Å². The summed E-state index contributed by atoms with van der Waals surface area (Å²) in [5.41, 5.74) is 0.648. The predicted octanol–water partition coefficient (Wildman–Crippen LogP) is 0.518. The molecule has 0 saturated heterocycles. The zero-order valence-corrected chi connectivity index (χ0v) is 6.06. The smallest absolute Gasteiger partial charge is 0.328 e. The first-order chi connectivity index (χ1) is 5.18. The number of imidazole rings is 1. The Hall–Kier alpha value is -1.58. The Bertz CT molecular complexity index is 288. The Morgan fingerprint density at radius 2 is 2.55 bits per heavy atom. The molecule has 58 valence electrons. The van der Waals surface area contributed by atoms with E-state index in [2.05, 4.69) is 4.98 Å². The Morgan fingerprint density at radius 3 is 3.00 bits per heavy atom. The van der Waals surface area contributed by atoms with Crippen molar-refractivity contribution < 1.29 is 9.90 Å². The van der Waals surface area contributed by atoms with E-state index in [9.17, 15) is 4.79 Å². The fourth-order valence-corrected chi connectivity index (χ4v) is 0.676. The van der Waals surface area contributed by atoms with Crippen molar-refractivity contribution >= 4 is 12.0 Å². The van der Waals surface area contributed by atoms with Crippen LogP contribution in [0.15, 0.2) is 18.6 Å². The third kappa shape index (κ3) is 2.25. The van der Waals surface area contributed by atoms with Crippen molar-refractivity contribution in [2.24, 2.45) is 7.05 Å². The number of hydrogen-bond donors (Lipinski definition) is 1. The zero-order valence-electron chi connectivity index (χ0n) is 6.06. The molecule has 0 aliphatic rings. The molecule has 0 fully saturated rings. The minimum atomic E-state index is -0.962. The molecule has 1 aromatic heterocycles. The summed E-state index contributed by atoms with van der Waals surface area (Å²) < 4.78 is 1.75. The van der Waals surface area contributed by atoms with Crippen LogP contribution >= 0.6 is 0 Å². The highest BCUT2D eigenvalue weighted by Gasteiger charge is 1.91. The lowest BCUT2D eigenvalue weighted by Gasteiger charge is -1.81. The summed E-state index contributed by atoms with van der Waals surface area (Å²) in [6.45, 7) is 0. The maximum absolute atomic E-state index is 10.1. The highest BCUT2D eigenvalue weighted by Crippen LogP contribution is 1.95. The molecule has 0 bridgehead atoms. The first-order valence-electron chi connectivity index (χ1n) is 3.07. The third-order valence-electron chi connectivity index (χ3n) is 1.12. The van der Waals surface area contributed by atoms with Crippen molar-refractivity contribution in [3.05, 3.63) is 24.3 Å². The van der Waals surface area contributed by atoms with Gasteiger partial charge >= 0.3 is 5.97 Å². The SMILES string of the molecule is Cn1cnc(C=CC(=O)O)c1. The molecular weight excluding hydrogens is 144 g/mol. The molecule has 4 nitrogen and oxygen atoms in total. The van der Waals surface area contributed by atoms with Crippen molar-refractivity contribution in [3.63, 3.8) is 0 Å². The van der Waals surface area contributed by atoms with Gasteiger partial charge in [0, 0.05) is 19.3 Å². The van der Waals surface area contributed by atoms with Crippen molar-refractivity contribution in [1.82, 2.24) is 9.55 Å². The molecule has 1 rings (SSSR count). The molecule has 0 atom stereocenters. The Kier molecular flexibility index (Phi) is 2.06. The highest BCUT2D eigenvalue weighted by atomic mass is 16.4. The molecule has 0 amide bonds. The highest BCUT2D eigenvalue weighted by molar-refractivity contribution is 5.84. The number of nitrogens with zero attached hydrogens (tertiary/aromatic N) is 2. The summed E-state index contributed by atoms with van der Waals surface area (Å²) in [7, 11) is 1.82. The predicted molar refractivity (Wildman–Crippen MR) is 39.9 cm³/mol. The number of aryl methyl sites for hydroxylation is 1. The van der Waals surface area contributed by atoms with Crippen LogP contribution in [0.5, 0.6) is 0 Å². The summed E-state index contributed by atoms with van der Waals surface area (Å²) in [5, 5.41) is 8.26. The lowest BCUT2D eigenvalue weighted by molar-refractivity contribution is -0.131. The van der Waals surface area contributed by atoms with Crippen molar-refractivity contribution in [1.29, 1.82) is 0 Å². The first-order valence-corrected chi connectivity index (χ1v) is 3.07. The summed E-state index contributed by atoms with van der Waals surface area (Å²) in [6.07, 6.45) is 5.85. The average Bonchev–Trinajstić information content (AvgIpc) is 2.31. The van der Waals surface area contributed by atoms with Gasteiger partial charge in [0.15, 0.2) is 0 Å². The lowest BCUT2D eigenvalue weighted by atomic mass is 10.4. The van der Waals surface area contributed by atoms with Gasteiger partial charge in [-0.15, -0.1) is 0 Å². The van der Waals surface area contributed by atoms with Gasteiger partial charge in [-0.1, -0.05) is 0 Å². The molecule has 4 heteroatoms. The normalized spacial score (nSPS) is 10.6. The van der Waals surface area contributed by atoms with E-state index < -0.39 is 5.97 Å². The Balaban J connectivity index is 2.71. The van der Waals surface area contributed by atoms with Gasteiger partial charge in [-0.3, -0.25) is 0 Å². The molecular formula is C7H8N2O2. The minimum absolute atomic E-state index is 0.648. The van der Waals surface area contributed by atoms with Crippen LogP contribution < -0.4 is 0 Å². The van der Waals surface area contributed by atoms with Crippen molar-refractivity contribution in [3.8, 4) is 0 Å². The lowest BCUT2D eigenvalue weighted by Crippen LogP contribution is -1.85. The van der Waals surface area contributed by atoms with Gasteiger partial charge < -0.3 is 9.67 Å². The number of aromatic nitrogens is 2. The minimum Gasteiger partial charge on any atom is -0.478 e. The molecule has 1 heterocycles. The topological polar surface area (TPSA) is 55.1 Å². The molecule has 0 aliphatic carbocycles. The van der Waals surface area contributed by atoms with Gasteiger partial charge in [-0.2, -0.15) is 0 Å². The number of rotatable bonds is 2. The maximum atomic E-state index is 10.1. The molecule has 0 unspecified atom stereocenters. The van der Waals surface area contributed by atoms with E-state index in [1.807, 2.05) is 7.05 Å². The van der Waals surface area contributed by atoms with Crippen molar-refractivity contribution in [2.75, 3.05) is 0 Å². The van der Waals surface area contributed by atoms with Gasteiger partial charge in [0.2, 0.25) is 0 Å². The monoisotopic (exact) mass is 152 g/mol. The van der Waals surface area contributed by atoms with E-state index >= 15 is 0 Å². The molecule has 11 heavy (non-hydrogen) atoms. The Morgan fingerprint density at radius 1 is 1.82 bits per heavy atom. The van der Waals surface area contributed by atoms with E-state index in [1.165, 1.54) is 6.08 Å². The largest absolute Gasteiger partial charge is 0.478 e. The van der Waals surface area contributed by atoms with E-state index in [0.29, 0.717) is 5.69 Å². The van der Waals surface area contributed by atoms with Gasteiger partial charge in [-0.05, 0) is 6.08 Å². The molecule has 0 spiro atoms. The molecule has 0 aromatic carbocycles. The van der Waals surface area contributed by atoms with Crippen LogP contribution in [0.4, 0.5) is 0 Å². The fraction of sp³-hybridized carbons (Fsp3) is 0.143. The van der Waals surface area contributed by atoms with Gasteiger partial charge in [0.05, 0.1) is 12.0 Å². The van der Waals surface area contributed by atoms with Crippen LogP contribution in [-0.4, -0.2) is 20.6 Å². The second-order valence-electron chi connectivity index (χ2n) is 2.14. The van der Waals surface area contributed by atoms with Gasteiger partial charge in [0.1, 0.15) is 0 Å². The van der Waals surface area contributed by atoms with E-state index in [-0.39, 0.29) is 0 Å². The average molecular weight is 152 g/mol.